The molecule has 0 radical (unpaired) electrons. The number of hydrogen-bond donors (Lipinski definition) is 1. The van der Waals surface area contributed by atoms with Gasteiger partial charge in [0.15, 0.2) is 0 Å². The van der Waals surface area contributed by atoms with Crippen LogP contribution in [0.25, 0.3) is 0 Å². The predicted octanol–water partition coefficient (Wildman–Crippen LogP) is 1.26. The lowest BCUT2D eigenvalue weighted by Crippen LogP contribution is -2.24. The third-order valence-corrected chi connectivity index (χ3v) is 2.15. The van der Waals surface area contributed by atoms with Gasteiger partial charge in [0.2, 0.25) is 0 Å². The van der Waals surface area contributed by atoms with Crippen molar-refractivity contribution in [2.75, 3.05) is 6.61 Å². The van der Waals surface area contributed by atoms with Gasteiger partial charge >= 0.3 is 5.97 Å². The summed E-state index contributed by atoms with van der Waals surface area (Å²) < 4.78 is 10.5. The molecule has 0 aromatic heterocycles. The molecule has 0 saturated carbocycles. The van der Waals surface area contributed by atoms with E-state index in [1.807, 2.05) is 20.8 Å². The highest BCUT2D eigenvalue weighted by Gasteiger charge is 2.25. The second-order valence-electron chi connectivity index (χ2n) is 4.97. The molecule has 0 aromatic rings. The second kappa shape index (κ2) is 4.94. The van der Waals surface area contributed by atoms with Gasteiger partial charge in [-0.25, -0.2) is 0 Å². The molecule has 4 nitrogen and oxygen atoms in total. The summed E-state index contributed by atoms with van der Waals surface area (Å²) in [7, 11) is 0. The monoisotopic (exact) mass is 216 g/mol. The maximum atomic E-state index is 11.4. The summed E-state index contributed by atoms with van der Waals surface area (Å²) in [4.78, 5) is 11.4. The molecule has 1 heterocycles. The lowest BCUT2D eigenvalue weighted by Gasteiger charge is -2.19. The van der Waals surface area contributed by atoms with Gasteiger partial charge in [0, 0.05) is 12.8 Å². The number of carbonyl (C=O) groups is 1. The van der Waals surface area contributed by atoms with Gasteiger partial charge in [-0.3, -0.25) is 4.79 Å². The van der Waals surface area contributed by atoms with E-state index < -0.39 is 5.60 Å². The van der Waals surface area contributed by atoms with Crippen LogP contribution in [-0.4, -0.2) is 35.5 Å². The highest BCUT2D eigenvalue weighted by atomic mass is 16.6. The van der Waals surface area contributed by atoms with E-state index in [-0.39, 0.29) is 18.2 Å². The van der Waals surface area contributed by atoms with Gasteiger partial charge < -0.3 is 14.6 Å². The standard InChI is InChI=1S/C11H20O4/c1-11(2,3)15-10(13)5-4-9-6-8(12)7-14-9/h8-9,12H,4-7H2,1-3H3/t8-,9-/m0/s1. The second-order valence-corrected chi connectivity index (χ2v) is 4.97. The number of aliphatic hydroxyl groups is 1. The number of carbonyl (C=O) groups excluding carboxylic acids is 1. The smallest absolute Gasteiger partial charge is 0.306 e. The van der Waals surface area contributed by atoms with E-state index in [2.05, 4.69) is 0 Å². The molecule has 15 heavy (non-hydrogen) atoms. The molecule has 2 atom stereocenters. The van der Waals surface area contributed by atoms with E-state index in [0.717, 1.165) is 0 Å². The van der Waals surface area contributed by atoms with Crippen molar-refractivity contribution in [2.45, 2.75) is 57.8 Å². The molecule has 1 N–H and O–H groups in total. The Labute approximate surface area is 90.6 Å². The van der Waals surface area contributed by atoms with Crippen LogP contribution in [-0.2, 0) is 14.3 Å². The molecule has 0 unspecified atom stereocenters. The number of esters is 1. The average Bonchev–Trinajstić information content (AvgIpc) is 2.45. The molecule has 0 spiro atoms. The van der Waals surface area contributed by atoms with E-state index in [1.54, 1.807) is 0 Å². The van der Waals surface area contributed by atoms with Crippen LogP contribution in [0.4, 0.5) is 0 Å². The molecule has 1 saturated heterocycles. The van der Waals surface area contributed by atoms with Crippen molar-refractivity contribution in [3.63, 3.8) is 0 Å². The van der Waals surface area contributed by atoms with Gasteiger partial charge in [0.25, 0.3) is 0 Å². The Morgan fingerprint density at radius 3 is 2.67 bits per heavy atom. The van der Waals surface area contributed by atoms with Crippen LogP contribution in [0.5, 0.6) is 0 Å². The maximum Gasteiger partial charge on any atom is 0.306 e. The van der Waals surface area contributed by atoms with Crippen LogP contribution in [0, 0.1) is 0 Å². The lowest BCUT2D eigenvalue weighted by atomic mass is 10.1. The first kappa shape index (κ1) is 12.5. The van der Waals surface area contributed by atoms with Crippen molar-refractivity contribution in [3.05, 3.63) is 0 Å². The van der Waals surface area contributed by atoms with Gasteiger partial charge in [-0.2, -0.15) is 0 Å². The summed E-state index contributed by atoms with van der Waals surface area (Å²) in [6.45, 7) is 5.93. The van der Waals surface area contributed by atoms with Crippen molar-refractivity contribution >= 4 is 5.97 Å². The number of hydrogen-bond acceptors (Lipinski definition) is 4. The Bertz CT molecular complexity index is 219. The van der Waals surface area contributed by atoms with Crippen LogP contribution in [0.2, 0.25) is 0 Å². The molecular weight excluding hydrogens is 196 g/mol. The van der Waals surface area contributed by atoms with Crippen LogP contribution >= 0.6 is 0 Å². The first-order chi connectivity index (χ1) is 6.87. The fraction of sp³-hybridized carbons (Fsp3) is 0.909. The van der Waals surface area contributed by atoms with E-state index in [9.17, 15) is 9.90 Å². The van der Waals surface area contributed by atoms with Gasteiger partial charge in [0.05, 0.1) is 18.8 Å². The molecule has 0 bridgehead atoms. The molecule has 4 heteroatoms. The van der Waals surface area contributed by atoms with E-state index >= 15 is 0 Å². The van der Waals surface area contributed by atoms with Crippen molar-refractivity contribution in [1.29, 1.82) is 0 Å². The predicted molar refractivity (Wildman–Crippen MR) is 55.4 cm³/mol. The van der Waals surface area contributed by atoms with Gasteiger partial charge in [-0.05, 0) is 27.2 Å². The van der Waals surface area contributed by atoms with Crippen LogP contribution in [0.3, 0.4) is 0 Å². The lowest BCUT2D eigenvalue weighted by molar-refractivity contribution is -0.155. The zero-order chi connectivity index (χ0) is 11.5. The summed E-state index contributed by atoms with van der Waals surface area (Å²) in [6, 6.07) is 0. The largest absolute Gasteiger partial charge is 0.460 e. The topological polar surface area (TPSA) is 55.8 Å². The van der Waals surface area contributed by atoms with E-state index in [1.165, 1.54) is 0 Å². The van der Waals surface area contributed by atoms with Crippen LogP contribution in [0.1, 0.15) is 40.0 Å². The van der Waals surface area contributed by atoms with Gasteiger partial charge in [0.1, 0.15) is 5.60 Å². The molecular formula is C11H20O4. The third-order valence-electron chi connectivity index (χ3n) is 2.15. The van der Waals surface area contributed by atoms with E-state index in [0.29, 0.717) is 25.9 Å². The molecule has 0 aliphatic carbocycles. The maximum absolute atomic E-state index is 11.4. The third kappa shape index (κ3) is 5.14. The average molecular weight is 216 g/mol. The fourth-order valence-corrected chi connectivity index (χ4v) is 1.56. The zero-order valence-corrected chi connectivity index (χ0v) is 9.66. The summed E-state index contributed by atoms with van der Waals surface area (Å²) >= 11 is 0. The molecule has 1 fully saturated rings. The molecule has 88 valence electrons. The Balaban J connectivity index is 2.17. The van der Waals surface area contributed by atoms with Crippen molar-refractivity contribution in [3.8, 4) is 0 Å². The Morgan fingerprint density at radius 1 is 1.53 bits per heavy atom. The van der Waals surface area contributed by atoms with Crippen molar-refractivity contribution < 1.29 is 19.4 Å². The number of rotatable bonds is 3. The first-order valence-electron chi connectivity index (χ1n) is 5.38. The Kier molecular flexibility index (Phi) is 4.11. The highest BCUT2D eigenvalue weighted by molar-refractivity contribution is 5.69. The van der Waals surface area contributed by atoms with Crippen molar-refractivity contribution in [1.82, 2.24) is 0 Å². The van der Waals surface area contributed by atoms with Gasteiger partial charge in [-0.1, -0.05) is 0 Å². The SMILES string of the molecule is CC(C)(C)OC(=O)CC[C@H]1C[C@H](O)CO1. The summed E-state index contributed by atoms with van der Waals surface area (Å²) in [6.07, 6.45) is 1.25. The quantitative estimate of drug-likeness (QED) is 0.721. The van der Waals surface area contributed by atoms with Crippen LogP contribution < -0.4 is 0 Å². The molecule has 1 rings (SSSR count). The normalized spacial score (nSPS) is 26.7. The molecule has 0 amide bonds. The van der Waals surface area contributed by atoms with Crippen LogP contribution in [0.15, 0.2) is 0 Å². The molecule has 0 aromatic carbocycles. The number of aliphatic hydroxyl groups excluding tert-OH is 1. The number of ether oxygens (including phenoxy) is 2. The Morgan fingerprint density at radius 2 is 2.20 bits per heavy atom. The first-order valence-corrected chi connectivity index (χ1v) is 5.38. The summed E-state index contributed by atoms with van der Waals surface area (Å²) in [5.41, 5.74) is -0.423. The minimum atomic E-state index is -0.423. The Hall–Kier alpha value is -0.610. The minimum absolute atomic E-state index is 0.00696. The molecule has 1 aliphatic rings. The minimum Gasteiger partial charge on any atom is -0.460 e. The molecule has 1 aliphatic heterocycles. The summed E-state index contributed by atoms with van der Waals surface area (Å²) in [5.74, 6) is -0.201. The summed E-state index contributed by atoms with van der Waals surface area (Å²) in [5, 5.41) is 9.21. The highest BCUT2D eigenvalue weighted by Crippen LogP contribution is 2.18. The van der Waals surface area contributed by atoms with E-state index in [4.69, 9.17) is 9.47 Å². The van der Waals surface area contributed by atoms with Crippen molar-refractivity contribution in [2.24, 2.45) is 0 Å². The zero-order valence-electron chi connectivity index (χ0n) is 9.66. The fourth-order valence-electron chi connectivity index (χ4n) is 1.56. The van der Waals surface area contributed by atoms with Gasteiger partial charge in [-0.15, -0.1) is 0 Å².